The summed E-state index contributed by atoms with van der Waals surface area (Å²) in [5.74, 6) is -1.33. The molecule has 2 heterocycles. The molecule has 0 saturated carbocycles. The maximum Gasteiger partial charge on any atom is 0.372 e. The normalized spacial score (nSPS) is 20.2. The van der Waals surface area contributed by atoms with Gasteiger partial charge in [0.05, 0.1) is 19.5 Å². The zero-order valence-corrected chi connectivity index (χ0v) is 10.6. The van der Waals surface area contributed by atoms with Gasteiger partial charge < -0.3 is 19.6 Å². The number of ether oxygens (including phenoxy) is 1. The van der Waals surface area contributed by atoms with E-state index in [0.717, 1.165) is 0 Å². The van der Waals surface area contributed by atoms with Crippen molar-refractivity contribution in [3.8, 4) is 0 Å². The van der Waals surface area contributed by atoms with Gasteiger partial charge in [-0.3, -0.25) is 9.69 Å². The lowest BCUT2D eigenvalue weighted by Crippen LogP contribution is -2.52. The van der Waals surface area contributed by atoms with Gasteiger partial charge in [-0.1, -0.05) is 0 Å². The molecule has 1 amide bonds. The zero-order chi connectivity index (χ0) is 13.8. The van der Waals surface area contributed by atoms with Gasteiger partial charge in [0, 0.05) is 25.7 Å². The van der Waals surface area contributed by atoms with Gasteiger partial charge >= 0.3 is 5.97 Å². The van der Waals surface area contributed by atoms with Crippen LogP contribution in [0.1, 0.15) is 16.1 Å². The lowest BCUT2D eigenvalue weighted by Gasteiger charge is -2.33. The van der Waals surface area contributed by atoms with Gasteiger partial charge in [0.25, 0.3) is 0 Å². The third-order valence-electron chi connectivity index (χ3n) is 3.10. The third kappa shape index (κ3) is 2.94. The van der Waals surface area contributed by atoms with E-state index in [2.05, 4.69) is 5.32 Å². The number of hydrogen-bond donors (Lipinski definition) is 2. The van der Waals surface area contributed by atoms with Crippen LogP contribution in [0.15, 0.2) is 16.7 Å². The minimum atomic E-state index is -1.11. The predicted octanol–water partition coefficient (Wildman–Crippen LogP) is -0.0754. The summed E-state index contributed by atoms with van der Waals surface area (Å²) in [4.78, 5) is 24.6. The Bertz CT molecular complexity index is 470. The molecule has 1 aliphatic heterocycles. The molecule has 1 atom stereocenters. The lowest BCUT2D eigenvalue weighted by molar-refractivity contribution is -0.132. The van der Waals surface area contributed by atoms with Gasteiger partial charge in [-0.05, 0) is 6.07 Å². The molecule has 2 N–H and O–H groups in total. The van der Waals surface area contributed by atoms with E-state index in [4.69, 9.17) is 14.3 Å². The molecule has 1 aromatic heterocycles. The van der Waals surface area contributed by atoms with Crippen molar-refractivity contribution in [1.29, 1.82) is 0 Å². The Hall–Kier alpha value is -1.86. The van der Waals surface area contributed by atoms with E-state index in [1.165, 1.54) is 6.26 Å². The summed E-state index contributed by atoms with van der Waals surface area (Å²) in [7, 11) is 1.57. The molecule has 1 aromatic rings. The largest absolute Gasteiger partial charge is 0.475 e. The van der Waals surface area contributed by atoms with Crippen molar-refractivity contribution in [1.82, 2.24) is 10.2 Å². The topological polar surface area (TPSA) is 92.0 Å². The van der Waals surface area contributed by atoms with Crippen LogP contribution in [0.3, 0.4) is 0 Å². The summed E-state index contributed by atoms with van der Waals surface area (Å²) in [6.45, 7) is 1.75. The van der Waals surface area contributed by atoms with Crippen LogP contribution in [0.25, 0.3) is 0 Å². The molecule has 19 heavy (non-hydrogen) atoms. The number of carboxylic acid groups (broad SMARTS) is 1. The first kappa shape index (κ1) is 13.6. The number of nitrogens with zero attached hydrogens (tertiary/aromatic N) is 1. The van der Waals surface area contributed by atoms with Crippen molar-refractivity contribution in [2.45, 2.75) is 12.6 Å². The number of aromatic carboxylic acids is 1. The summed E-state index contributed by atoms with van der Waals surface area (Å²) in [5, 5.41) is 11.6. The van der Waals surface area contributed by atoms with Crippen molar-refractivity contribution >= 4 is 11.9 Å². The first-order valence-electron chi connectivity index (χ1n) is 5.96. The maximum atomic E-state index is 11.8. The van der Waals surface area contributed by atoms with Crippen LogP contribution in [0.2, 0.25) is 0 Å². The van der Waals surface area contributed by atoms with E-state index < -0.39 is 12.0 Å². The molecule has 7 nitrogen and oxygen atoms in total. The van der Waals surface area contributed by atoms with E-state index in [9.17, 15) is 9.59 Å². The van der Waals surface area contributed by atoms with Gasteiger partial charge in [-0.15, -0.1) is 0 Å². The molecular weight excluding hydrogens is 252 g/mol. The van der Waals surface area contributed by atoms with Crippen molar-refractivity contribution in [2.24, 2.45) is 0 Å². The Morgan fingerprint density at radius 3 is 3.05 bits per heavy atom. The first-order chi connectivity index (χ1) is 9.13. The number of likely N-dealkylation sites (N-methyl/N-ethyl adjacent to an activating group) is 1. The molecule has 7 heteroatoms. The SMILES string of the molecule is CNC(=O)C1COCCN1Cc1ccoc1C(=O)O. The number of nitrogens with one attached hydrogen (secondary N) is 1. The number of carboxylic acids is 1. The zero-order valence-electron chi connectivity index (χ0n) is 10.6. The standard InChI is InChI=1S/C12H16N2O5/c1-13-11(15)9-7-18-5-3-14(9)6-8-2-4-19-10(8)12(16)17/h2,4,9H,3,5-7H2,1H3,(H,13,15)(H,16,17). The van der Waals surface area contributed by atoms with Crippen LogP contribution in [-0.2, 0) is 16.1 Å². The summed E-state index contributed by atoms with van der Waals surface area (Å²) >= 11 is 0. The van der Waals surface area contributed by atoms with E-state index >= 15 is 0 Å². The highest BCUT2D eigenvalue weighted by atomic mass is 16.5. The number of rotatable bonds is 4. The molecule has 104 valence electrons. The summed E-state index contributed by atoms with van der Waals surface area (Å²) in [6, 6.07) is 1.20. The maximum absolute atomic E-state index is 11.8. The highest BCUT2D eigenvalue weighted by Gasteiger charge is 2.30. The number of carbonyl (C=O) groups excluding carboxylic acids is 1. The van der Waals surface area contributed by atoms with E-state index in [-0.39, 0.29) is 11.7 Å². The monoisotopic (exact) mass is 268 g/mol. The second kappa shape index (κ2) is 5.85. The molecule has 2 rings (SSSR count). The van der Waals surface area contributed by atoms with Crippen molar-refractivity contribution < 1.29 is 23.8 Å². The average molecular weight is 268 g/mol. The number of amides is 1. The van der Waals surface area contributed by atoms with Crippen molar-refractivity contribution in [2.75, 3.05) is 26.8 Å². The molecule has 1 aliphatic rings. The highest BCUT2D eigenvalue weighted by molar-refractivity contribution is 5.86. The number of morpholine rings is 1. The minimum Gasteiger partial charge on any atom is -0.475 e. The average Bonchev–Trinajstić information content (AvgIpc) is 2.87. The van der Waals surface area contributed by atoms with Gasteiger partial charge in [-0.2, -0.15) is 0 Å². The van der Waals surface area contributed by atoms with Gasteiger partial charge in [-0.25, -0.2) is 4.79 Å². The van der Waals surface area contributed by atoms with Gasteiger partial charge in [0.15, 0.2) is 0 Å². The van der Waals surface area contributed by atoms with Gasteiger partial charge in [0.2, 0.25) is 11.7 Å². The van der Waals surface area contributed by atoms with E-state index in [1.807, 2.05) is 4.90 Å². The molecule has 1 unspecified atom stereocenters. The van der Waals surface area contributed by atoms with Crippen LogP contribution >= 0.6 is 0 Å². The predicted molar refractivity (Wildman–Crippen MR) is 64.8 cm³/mol. The molecule has 0 radical (unpaired) electrons. The van der Waals surface area contributed by atoms with Crippen LogP contribution in [-0.4, -0.2) is 54.7 Å². The number of furan rings is 1. The van der Waals surface area contributed by atoms with Crippen molar-refractivity contribution in [3.63, 3.8) is 0 Å². The van der Waals surface area contributed by atoms with Crippen LogP contribution in [0.5, 0.6) is 0 Å². The van der Waals surface area contributed by atoms with E-state index in [1.54, 1.807) is 13.1 Å². The minimum absolute atomic E-state index is 0.0813. The molecular formula is C12H16N2O5. The van der Waals surface area contributed by atoms with Crippen molar-refractivity contribution in [3.05, 3.63) is 23.7 Å². The molecule has 0 spiro atoms. The molecule has 1 saturated heterocycles. The summed E-state index contributed by atoms with van der Waals surface area (Å²) in [5.41, 5.74) is 0.559. The Morgan fingerprint density at radius 1 is 1.58 bits per heavy atom. The van der Waals surface area contributed by atoms with E-state index in [0.29, 0.717) is 31.9 Å². The lowest BCUT2D eigenvalue weighted by atomic mass is 10.1. The molecule has 0 bridgehead atoms. The Kier molecular flexibility index (Phi) is 4.18. The Labute approximate surface area is 110 Å². The fourth-order valence-corrected chi connectivity index (χ4v) is 2.10. The van der Waals surface area contributed by atoms with Gasteiger partial charge in [0.1, 0.15) is 6.04 Å². The highest BCUT2D eigenvalue weighted by Crippen LogP contribution is 2.17. The smallest absolute Gasteiger partial charge is 0.372 e. The van der Waals surface area contributed by atoms with Crippen LogP contribution < -0.4 is 5.32 Å². The first-order valence-corrected chi connectivity index (χ1v) is 5.96. The number of hydrogen-bond acceptors (Lipinski definition) is 5. The fourth-order valence-electron chi connectivity index (χ4n) is 2.10. The fraction of sp³-hybridized carbons (Fsp3) is 0.500. The second-order valence-electron chi connectivity index (χ2n) is 4.26. The Morgan fingerprint density at radius 2 is 2.37 bits per heavy atom. The quantitative estimate of drug-likeness (QED) is 0.794. The third-order valence-corrected chi connectivity index (χ3v) is 3.10. The number of carbonyl (C=O) groups is 2. The molecule has 0 aromatic carbocycles. The van der Waals surface area contributed by atoms with Crippen LogP contribution in [0, 0.1) is 0 Å². The molecule has 0 aliphatic carbocycles. The summed E-state index contributed by atoms with van der Waals surface area (Å²) in [6.07, 6.45) is 1.34. The van der Waals surface area contributed by atoms with Crippen LogP contribution in [0.4, 0.5) is 0 Å². The summed E-state index contributed by atoms with van der Waals surface area (Å²) < 4.78 is 10.2. The Balaban J connectivity index is 2.13. The molecule has 1 fully saturated rings. The second-order valence-corrected chi connectivity index (χ2v) is 4.26.